The molecule has 0 bridgehead atoms. The predicted molar refractivity (Wildman–Crippen MR) is 146 cm³/mol. The maximum Gasteiger partial charge on any atom is 0.319 e. The lowest BCUT2D eigenvalue weighted by molar-refractivity contribution is 0.250. The fraction of sp³-hybridized carbons (Fsp3) is 0.440. The first-order chi connectivity index (χ1) is 15.5. The van der Waals surface area contributed by atoms with E-state index in [1.807, 2.05) is 50.2 Å². The van der Waals surface area contributed by atoms with E-state index in [0.717, 1.165) is 49.0 Å². The summed E-state index contributed by atoms with van der Waals surface area (Å²) >= 11 is 0. The normalized spacial score (nSPS) is 15.7. The molecule has 1 aliphatic heterocycles. The summed E-state index contributed by atoms with van der Waals surface area (Å²) in [6.07, 6.45) is 1.11. The van der Waals surface area contributed by atoms with E-state index >= 15 is 0 Å². The number of benzene rings is 2. The van der Waals surface area contributed by atoms with E-state index in [0.29, 0.717) is 12.5 Å². The molecule has 2 aromatic carbocycles. The molecule has 1 heterocycles. The SMILES string of the molecule is CCNC(=NCc1ccc(NC(=O)NC(C)C)cc1)N1CCC(c2ccc(OC)cc2)C1.I. The van der Waals surface area contributed by atoms with Crippen LogP contribution in [0.4, 0.5) is 10.5 Å². The highest BCUT2D eigenvalue weighted by Gasteiger charge is 2.26. The van der Waals surface area contributed by atoms with Crippen molar-refractivity contribution in [3.8, 4) is 5.75 Å². The van der Waals surface area contributed by atoms with Crippen LogP contribution >= 0.6 is 24.0 Å². The molecule has 2 amide bonds. The zero-order valence-corrected chi connectivity index (χ0v) is 22.3. The Kier molecular flexibility index (Phi) is 10.8. The van der Waals surface area contributed by atoms with Crippen molar-refractivity contribution in [1.29, 1.82) is 0 Å². The van der Waals surface area contributed by atoms with Gasteiger partial charge in [-0.1, -0.05) is 24.3 Å². The fourth-order valence-corrected chi connectivity index (χ4v) is 3.82. The number of nitrogens with one attached hydrogen (secondary N) is 3. The van der Waals surface area contributed by atoms with Gasteiger partial charge in [0.15, 0.2) is 5.96 Å². The number of methoxy groups -OCH3 is 1. The van der Waals surface area contributed by atoms with Gasteiger partial charge in [-0.15, -0.1) is 24.0 Å². The highest BCUT2D eigenvalue weighted by molar-refractivity contribution is 14.0. The van der Waals surface area contributed by atoms with Gasteiger partial charge in [-0.05, 0) is 62.6 Å². The van der Waals surface area contributed by atoms with Crippen LogP contribution in [0.1, 0.15) is 44.2 Å². The average molecular weight is 566 g/mol. The van der Waals surface area contributed by atoms with Gasteiger partial charge in [0.25, 0.3) is 0 Å². The smallest absolute Gasteiger partial charge is 0.319 e. The van der Waals surface area contributed by atoms with Gasteiger partial charge in [0.05, 0.1) is 13.7 Å². The Labute approximate surface area is 214 Å². The number of carbonyl (C=O) groups excluding carboxylic acids is 1. The number of anilines is 1. The topological polar surface area (TPSA) is 78.0 Å². The van der Waals surface area contributed by atoms with Crippen LogP contribution in [0, 0.1) is 0 Å². The summed E-state index contributed by atoms with van der Waals surface area (Å²) in [5.74, 6) is 2.33. The number of hydrogen-bond donors (Lipinski definition) is 3. The van der Waals surface area contributed by atoms with Crippen LogP contribution in [-0.4, -0.2) is 49.7 Å². The lowest BCUT2D eigenvalue weighted by Gasteiger charge is -2.22. The van der Waals surface area contributed by atoms with Crippen molar-refractivity contribution in [2.45, 2.75) is 45.7 Å². The molecule has 2 aromatic rings. The zero-order chi connectivity index (χ0) is 22.9. The molecule has 8 heteroatoms. The second-order valence-electron chi connectivity index (χ2n) is 8.33. The summed E-state index contributed by atoms with van der Waals surface area (Å²) in [6.45, 7) is 9.31. The fourth-order valence-electron chi connectivity index (χ4n) is 3.82. The summed E-state index contributed by atoms with van der Waals surface area (Å²) in [4.78, 5) is 19.0. The van der Waals surface area contributed by atoms with Gasteiger partial charge in [0.1, 0.15) is 5.75 Å². The molecule has 1 unspecified atom stereocenters. The van der Waals surface area contributed by atoms with Crippen molar-refractivity contribution >= 4 is 41.7 Å². The first-order valence-corrected chi connectivity index (χ1v) is 11.3. The van der Waals surface area contributed by atoms with Gasteiger partial charge in [-0.2, -0.15) is 0 Å². The van der Waals surface area contributed by atoms with Crippen LogP contribution < -0.4 is 20.7 Å². The number of ether oxygens (including phenoxy) is 1. The number of likely N-dealkylation sites (tertiary alicyclic amines) is 1. The van der Waals surface area contributed by atoms with E-state index in [-0.39, 0.29) is 36.0 Å². The number of halogens is 1. The van der Waals surface area contributed by atoms with Crippen molar-refractivity contribution in [3.63, 3.8) is 0 Å². The number of hydrogen-bond acceptors (Lipinski definition) is 3. The molecule has 1 saturated heterocycles. The van der Waals surface area contributed by atoms with Crippen LogP contribution in [0.25, 0.3) is 0 Å². The van der Waals surface area contributed by atoms with E-state index < -0.39 is 0 Å². The van der Waals surface area contributed by atoms with E-state index in [1.165, 1.54) is 5.56 Å². The third-order valence-electron chi connectivity index (χ3n) is 5.45. The maximum atomic E-state index is 11.8. The van der Waals surface area contributed by atoms with Crippen molar-refractivity contribution < 1.29 is 9.53 Å². The first-order valence-electron chi connectivity index (χ1n) is 11.3. The van der Waals surface area contributed by atoms with Gasteiger partial charge < -0.3 is 25.6 Å². The van der Waals surface area contributed by atoms with Crippen molar-refractivity contribution in [2.24, 2.45) is 4.99 Å². The quantitative estimate of drug-likeness (QED) is 0.256. The monoisotopic (exact) mass is 565 g/mol. The second kappa shape index (κ2) is 13.3. The number of amides is 2. The van der Waals surface area contributed by atoms with Gasteiger partial charge in [-0.3, -0.25) is 0 Å². The molecule has 7 nitrogen and oxygen atoms in total. The molecule has 1 atom stereocenters. The number of aliphatic imine (C=N–C) groups is 1. The average Bonchev–Trinajstić information content (AvgIpc) is 3.27. The van der Waals surface area contributed by atoms with E-state index in [2.05, 4.69) is 39.9 Å². The van der Waals surface area contributed by atoms with Crippen LogP contribution in [0.2, 0.25) is 0 Å². The number of guanidine groups is 1. The van der Waals surface area contributed by atoms with E-state index in [4.69, 9.17) is 9.73 Å². The molecule has 180 valence electrons. The van der Waals surface area contributed by atoms with Crippen LogP contribution in [0.3, 0.4) is 0 Å². The number of carbonyl (C=O) groups is 1. The maximum absolute atomic E-state index is 11.8. The van der Waals surface area contributed by atoms with E-state index in [9.17, 15) is 4.79 Å². The molecule has 0 aliphatic carbocycles. The molecule has 0 saturated carbocycles. The van der Waals surface area contributed by atoms with Crippen molar-refractivity contribution in [1.82, 2.24) is 15.5 Å². The minimum absolute atomic E-state index is 0. The lowest BCUT2D eigenvalue weighted by Crippen LogP contribution is -2.40. The summed E-state index contributed by atoms with van der Waals surface area (Å²) in [5, 5.41) is 9.10. The Morgan fingerprint density at radius 2 is 1.85 bits per heavy atom. The lowest BCUT2D eigenvalue weighted by atomic mass is 9.98. The van der Waals surface area contributed by atoms with E-state index in [1.54, 1.807) is 7.11 Å². The second-order valence-corrected chi connectivity index (χ2v) is 8.33. The minimum Gasteiger partial charge on any atom is -0.497 e. The molecule has 33 heavy (non-hydrogen) atoms. The standard InChI is InChI=1S/C25H35N5O2.HI/c1-5-26-24(30-15-14-21(17-30)20-8-12-23(32-4)13-9-20)27-16-19-6-10-22(11-7-19)29-25(31)28-18(2)3;/h6-13,18,21H,5,14-17H2,1-4H3,(H,26,27)(H2,28,29,31);1H. The van der Waals surface area contributed by atoms with Crippen molar-refractivity contribution in [3.05, 3.63) is 59.7 Å². The summed E-state index contributed by atoms with van der Waals surface area (Å²) in [5.41, 5.74) is 3.21. The number of urea groups is 1. The third kappa shape index (κ3) is 8.10. The van der Waals surface area contributed by atoms with Crippen LogP contribution in [0.15, 0.2) is 53.5 Å². The minimum atomic E-state index is -0.194. The summed E-state index contributed by atoms with van der Waals surface area (Å²) in [7, 11) is 1.69. The molecule has 3 N–H and O–H groups in total. The summed E-state index contributed by atoms with van der Waals surface area (Å²) in [6, 6.07) is 16.1. The Morgan fingerprint density at radius 3 is 2.45 bits per heavy atom. The van der Waals surface area contributed by atoms with Gasteiger partial charge >= 0.3 is 6.03 Å². The molecule has 1 fully saturated rings. The summed E-state index contributed by atoms with van der Waals surface area (Å²) < 4.78 is 5.28. The van der Waals surface area contributed by atoms with Gasteiger partial charge in [-0.25, -0.2) is 9.79 Å². The molecule has 0 radical (unpaired) electrons. The van der Waals surface area contributed by atoms with Crippen LogP contribution in [0.5, 0.6) is 5.75 Å². The van der Waals surface area contributed by atoms with Crippen molar-refractivity contribution in [2.75, 3.05) is 32.1 Å². The number of nitrogens with zero attached hydrogens (tertiary/aromatic N) is 2. The number of rotatable bonds is 7. The van der Waals surface area contributed by atoms with Gasteiger partial charge in [0, 0.05) is 37.3 Å². The molecule has 3 rings (SSSR count). The molecular weight excluding hydrogens is 529 g/mol. The Bertz CT molecular complexity index is 900. The Morgan fingerprint density at radius 1 is 1.15 bits per heavy atom. The third-order valence-corrected chi connectivity index (χ3v) is 5.45. The molecule has 1 aliphatic rings. The Hall–Kier alpha value is -2.49. The van der Waals surface area contributed by atoms with Gasteiger partial charge in [0.2, 0.25) is 0 Å². The molecule has 0 spiro atoms. The molecular formula is C25H36IN5O2. The highest BCUT2D eigenvalue weighted by atomic mass is 127. The zero-order valence-electron chi connectivity index (χ0n) is 19.9. The largest absolute Gasteiger partial charge is 0.497 e. The predicted octanol–water partition coefficient (Wildman–Crippen LogP) is 4.80. The molecule has 0 aromatic heterocycles. The first kappa shape index (κ1) is 26.8. The Balaban J connectivity index is 0.00000385. The van der Waals surface area contributed by atoms with Crippen LogP contribution in [-0.2, 0) is 6.54 Å². The highest BCUT2D eigenvalue weighted by Crippen LogP contribution is 2.28.